The van der Waals surface area contributed by atoms with E-state index in [0.29, 0.717) is 64.2 Å². The number of H-pyrrole nitrogens is 1. The largest absolute Gasteiger partial charge is 0.355 e. The van der Waals surface area contributed by atoms with E-state index in [4.69, 9.17) is 28.2 Å². The molecule has 3 aliphatic rings. The van der Waals surface area contributed by atoms with Gasteiger partial charge in [0.05, 0.1) is 27.4 Å². The van der Waals surface area contributed by atoms with Gasteiger partial charge >= 0.3 is 0 Å². The van der Waals surface area contributed by atoms with E-state index >= 15 is 4.39 Å². The summed E-state index contributed by atoms with van der Waals surface area (Å²) in [6.45, 7) is 3.50. The summed E-state index contributed by atoms with van der Waals surface area (Å²) in [4.78, 5) is 62.4. The minimum absolute atomic E-state index is 0.00787. The van der Waals surface area contributed by atoms with Crippen LogP contribution in [0.2, 0.25) is 10.0 Å². The Morgan fingerprint density at radius 1 is 1.07 bits per heavy atom. The number of aromatic amines is 1. The number of rotatable bonds is 6. The highest BCUT2D eigenvalue weighted by molar-refractivity contribution is 6.43. The van der Waals surface area contributed by atoms with Crippen LogP contribution in [0.5, 0.6) is 0 Å². The Bertz CT molecular complexity index is 1960. The summed E-state index contributed by atoms with van der Waals surface area (Å²) in [5, 5.41) is 13.7. The van der Waals surface area contributed by atoms with Crippen LogP contribution in [0.4, 0.5) is 10.2 Å². The minimum Gasteiger partial charge on any atom is -0.355 e. The zero-order chi connectivity index (χ0) is 32.3. The highest BCUT2D eigenvalue weighted by atomic mass is 35.5. The number of amides is 4. The standard InChI is InChI=1S/C31H27Cl2FN8O4/c1-31(36-13-15-11-17-18(12-20(15)34)30(46)42(29(17)45)21-5-6-23(43)38-28(21)44)7-9-41(10-8-31)22-14-35-26-25(39-40-27(26)37-22)16-3-2-4-19(32)24(16)33/h2-4,11-12,14,21,36H,5-10,13H2,1H3,(H,37,39,40)(H,38,43,44). The summed E-state index contributed by atoms with van der Waals surface area (Å²) >= 11 is 12.6. The van der Waals surface area contributed by atoms with Gasteiger partial charge in [0.15, 0.2) is 5.65 Å². The van der Waals surface area contributed by atoms with Crippen molar-refractivity contribution in [2.75, 3.05) is 18.0 Å². The van der Waals surface area contributed by atoms with Crippen LogP contribution in [0.15, 0.2) is 36.5 Å². The molecule has 5 heterocycles. The lowest BCUT2D eigenvalue weighted by Gasteiger charge is -2.40. The third-order valence-electron chi connectivity index (χ3n) is 8.97. The quantitative estimate of drug-likeness (QED) is 0.259. The molecule has 12 nitrogen and oxygen atoms in total. The number of carbonyl (C=O) groups is 4. The van der Waals surface area contributed by atoms with E-state index in [0.717, 1.165) is 11.0 Å². The fraction of sp³-hybridized carbons (Fsp3) is 0.323. The molecular formula is C31H27Cl2FN8O4. The smallest absolute Gasteiger partial charge is 0.262 e. The lowest BCUT2D eigenvalue weighted by molar-refractivity contribution is -0.136. The van der Waals surface area contributed by atoms with E-state index in [1.165, 1.54) is 6.07 Å². The van der Waals surface area contributed by atoms with E-state index in [2.05, 4.69) is 37.6 Å². The molecule has 4 amide bonds. The molecule has 0 aliphatic carbocycles. The second-order valence-corrected chi connectivity index (χ2v) is 12.7. The molecular weight excluding hydrogens is 638 g/mol. The molecule has 4 aromatic rings. The molecule has 1 atom stereocenters. The number of anilines is 1. The topological polar surface area (TPSA) is 153 Å². The Labute approximate surface area is 271 Å². The second kappa shape index (κ2) is 11.4. The van der Waals surface area contributed by atoms with E-state index in [1.807, 2.05) is 6.07 Å². The van der Waals surface area contributed by atoms with Crippen LogP contribution in [-0.2, 0) is 16.1 Å². The number of nitrogens with zero attached hydrogens (tertiary/aromatic N) is 5. The summed E-state index contributed by atoms with van der Waals surface area (Å²) in [6, 6.07) is 6.64. The molecule has 46 heavy (non-hydrogen) atoms. The predicted octanol–water partition coefficient (Wildman–Crippen LogP) is 4.02. The van der Waals surface area contributed by atoms with Crippen molar-refractivity contribution in [1.82, 2.24) is 35.7 Å². The van der Waals surface area contributed by atoms with Gasteiger partial charge in [-0.05, 0) is 44.4 Å². The molecule has 0 spiro atoms. The van der Waals surface area contributed by atoms with Crippen molar-refractivity contribution in [2.45, 2.75) is 50.7 Å². The number of nitrogens with one attached hydrogen (secondary N) is 3. The van der Waals surface area contributed by atoms with Crippen molar-refractivity contribution >= 4 is 63.8 Å². The predicted molar refractivity (Wildman–Crippen MR) is 167 cm³/mol. The molecule has 3 aliphatic heterocycles. The maximum Gasteiger partial charge on any atom is 0.262 e. The van der Waals surface area contributed by atoms with Gasteiger partial charge in [-0.15, -0.1) is 0 Å². The van der Waals surface area contributed by atoms with Gasteiger partial charge in [-0.3, -0.25) is 34.5 Å². The van der Waals surface area contributed by atoms with E-state index < -0.39 is 35.5 Å². The van der Waals surface area contributed by atoms with Crippen LogP contribution >= 0.6 is 23.2 Å². The number of aromatic nitrogens is 4. The van der Waals surface area contributed by atoms with Gasteiger partial charge in [0.1, 0.15) is 28.9 Å². The molecule has 15 heteroatoms. The van der Waals surface area contributed by atoms with Crippen LogP contribution in [0.1, 0.15) is 58.9 Å². The molecule has 2 aromatic heterocycles. The number of hydrogen-bond acceptors (Lipinski definition) is 9. The number of imide groups is 2. The summed E-state index contributed by atoms with van der Waals surface area (Å²) < 4.78 is 15.2. The van der Waals surface area contributed by atoms with Crippen LogP contribution in [0.3, 0.4) is 0 Å². The first-order valence-electron chi connectivity index (χ1n) is 14.7. The normalized spacial score (nSPS) is 19.6. The van der Waals surface area contributed by atoms with Crippen molar-refractivity contribution in [1.29, 1.82) is 0 Å². The number of benzene rings is 2. The first kappa shape index (κ1) is 30.2. The Morgan fingerprint density at radius 3 is 2.54 bits per heavy atom. The van der Waals surface area contributed by atoms with Gasteiger partial charge in [0.25, 0.3) is 11.8 Å². The van der Waals surface area contributed by atoms with Crippen molar-refractivity contribution in [3.05, 3.63) is 69.1 Å². The molecule has 0 radical (unpaired) electrons. The highest BCUT2D eigenvalue weighted by Gasteiger charge is 2.45. The lowest BCUT2D eigenvalue weighted by Crippen LogP contribution is -2.54. The van der Waals surface area contributed by atoms with Gasteiger partial charge in [-0.1, -0.05) is 35.3 Å². The monoisotopic (exact) mass is 664 g/mol. The third kappa shape index (κ3) is 5.17. The van der Waals surface area contributed by atoms with Gasteiger partial charge < -0.3 is 10.2 Å². The number of carbonyl (C=O) groups excluding carboxylic acids is 4. The average molecular weight is 666 g/mol. The van der Waals surface area contributed by atoms with Gasteiger partial charge in [0.2, 0.25) is 11.8 Å². The Kier molecular flexibility index (Phi) is 7.49. The first-order chi connectivity index (χ1) is 22.0. The zero-order valence-corrected chi connectivity index (χ0v) is 26.0. The second-order valence-electron chi connectivity index (χ2n) is 11.9. The molecule has 236 valence electrons. The Balaban J connectivity index is 1.01. The zero-order valence-electron chi connectivity index (χ0n) is 24.5. The van der Waals surface area contributed by atoms with Crippen molar-refractivity contribution in [2.24, 2.45) is 0 Å². The van der Waals surface area contributed by atoms with Crippen molar-refractivity contribution in [3.63, 3.8) is 0 Å². The highest BCUT2D eigenvalue weighted by Crippen LogP contribution is 2.36. The van der Waals surface area contributed by atoms with Crippen molar-refractivity contribution in [3.8, 4) is 11.3 Å². The molecule has 0 saturated carbocycles. The minimum atomic E-state index is -1.11. The van der Waals surface area contributed by atoms with E-state index in [1.54, 1.807) is 18.3 Å². The summed E-state index contributed by atoms with van der Waals surface area (Å²) in [6.07, 6.45) is 3.17. The number of piperidine rings is 2. The number of fused-ring (bicyclic) bond motifs is 2. The maximum absolute atomic E-state index is 15.2. The first-order valence-corrected chi connectivity index (χ1v) is 15.5. The van der Waals surface area contributed by atoms with E-state index in [-0.39, 0.29) is 41.6 Å². The average Bonchev–Trinajstić information content (AvgIpc) is 3.55. The van der Waals surface area contributed by atoms with E-state index in [9.17, 15) is 19.2 Å². The fourth-order valence-electron chi connectivity index (χ4n) is 6.21. The molecule has 2 aromatic carbocycles. The van der Waals surface area contributed by atoms with Gasteiger partial charge in [-0.2, -0.15) is 5.10 Å². The summed E-state index contributed by atoms with van der Waals surface area (Å²) in [5.41, 5.74) is 2.16. The van der Waals surface area contributed by atoms with Gasteiger partial charge in [-0.25, -0.2) is 14.4 Å². The SMILES string of the molecule is CC1(NCc2cc3c(cc2F)C(=O)N(C2CCC(=O)NC2=O)C3=O)CCN(c2cnc3c(-c4cccc(Cl)c4Cl)n[nH]c3n2)CC1. The molecule has 7 rings (SSSR count). The lowest BCUT2D eigenvalue weighted by atomic mass is 9.89. The summed E-state index contributed by atoms with van der Waals surface area (Å²) in [7, 11) is 0. The Morgan fingerprint density at radius 2 is 1.80 bits per heavy atom. The summed E-state index contributed by atoms with van der Waals surface area (Å²) in [5.74, 6) is -2.52. The number of hydrogen-bond donors (Lipinski definition) is 3. The van der Waals surface area contributed by atoms with Gasteiger partial charge in [0, 0.05) is 42.7 Å². The van der Waals surface area contributed by atoms with Crippen LogP contribution in [0.25, 0.3) is 22.4 Å². The Hall–Kier alpha value is -4.46. The van der Waals surface area contributed by atoms with Crippen LogP contribution < -0.4 is 15.5 Å². The number of halogens is 3. The molecule has 2 fully saturated rings. The van der Waals surface area contributed by atoms with Crippen molar-refractivity contribution < 1.29 is 23.6 Å². The molecule has 0 bridgehead atoms. The molecule has 2 saturated heterocycles. The van der Waals surface area contributed by atoms with Crippen LogP contribution in [0, 0.1) is 5.82 Å². The maximum atomic E-state index is 15.2. The fourth-order valence-corrected chi connectivity index (χ4v) is 6.60. The molecule has 3 N–H and O–H groups in total. The third-order valence-corrected chi connectivity index (χ3v) is 9.79. The molecule has 1 unspecified atom stereocenters. The van der Waals surface area contributed by atoms with Crippen LogP contribution in [-0.4, -0.2) is 73.4 Å².